The van der Waals surface area contributed by atoms with Gasteiger partial charge in [-0.15, -0.1) is 0 Å². The highest BCUT2D eigenvalue weighted by molar-refractivity contribution is 9.10. The maximum absolute atomic E-state index is 9.33. The van der Waals surface area contributed by atoms with Gasteiger partial charge >= 0.3 is 0 Å². The third kappa shape index (κ3) is 3.21. The van der Waals surface area contributed by atoms with Gasteiger partial charge in [-0.2, -0.15) is 0 Å². The quantitative estimate of drug-likeness (QED) is 0.929. The topological polar surface area (TPSA) is 38.7 Å². The lowest BCUT2D eigenvalue weighted by Crippen LogP contribution is -2.17. The number of aryl methyl sites for hydroxylation is 1. The number of aliphatic hydroxyl groups excluding tert-OH is 1. The monoisotopic (exact) mass is 300 g/mol. The number of rotatable bonds is 4. The summed E-state index contributed by atoms with van der Waals surface area (Å²) in [5.74, 6) is 0.784. The van der Waals surface area contributed by atoms with Crippen LogP contribution in [0.5, 0.6) is 5.75 Å². The van der Waals surface area contributed by atoms with Crippen LogP contribution in [0.4, 0.5) is 0 Å². The molecule has 1 N–H and O–H groups in total. The zero-order chi connectivity index (χ0) is 12.3. The molecule has 1 heterocycles. The number of hydrogen-bond donors (Lipinski definition) is 1. The first-order chi connectivity index (χ1) is 8.20. The number of ether oxygens (including phenoxy) is 2. The Hall–Kier alpha value is -0.580. The highest BCUT2D eigenvalue weighted by Crippen LogP contribution is 2.28. The van der Waals surface area contributed by atoms with Crippen LogP contribution in [-0.2, 0) is 11.3 Å². The van der Waals surface area contributed by atoms with Gasteiger partial charge in [-0.05, 0) is 37.5 Å². The Morgan fingerprint density at radius 1 is 1.53 bits per heavy atom. The van der Waals surface area contributed by atoms with Crippen LogP contribution in [0.25, 0.3) is 0 Å². The van der Waals surface area contributed by atoms with Gasteiger partial charge in [-0.3, -0.25) is 0 Å². The lowest BCUT2D eigenvalue weighted by molar-refractivity contribution is 0.0668. The smallest absolute Gasteiger partial charge is 0.127 e. The summed E-state index contributed by atoms with van der Waals surface area (Å²) in [4.78, 5) is 0. The number of aliphatic hydroxyl groups is 1. The van der Waals surface area contributed by atoms with Crippen LogP contribution in [0.1, 0.15) is 24.0 Å². The molecule has 94 valence electrons. The Kier molecular flexibility index (Phi) is 4.42. The third-order valence-corrected chi connectivity index (χ3v) is 3.38. The van der Waals surface area contributed by atoms with Crippen molar-refractivity contribution in [1.29, 1.82) is 0 Å². The van der Waals surface area contributed by atoms with Gasteiger partial charge in [-0.25, -0.2) is 0 Å². The molecule has 1 aromatic carbocycles. The van der Waals surface area contributed by atoms with Crippen molar-refractivity contribution in [3.8, 4) is 5.75 Å². The molecule has 0 amide bonds. The highest BCUT2D eigenvalue weighted by Gasteiger charge is 2.17. The largest absolute Gasteiger partial charge is 0.490 e. The summed E-state index contributed by atoms with van der Waals surface area (Å²) < 4.78 is 12.3. The molecule has 1 aromatic rings. The van der Waals surface area contributed by atoms with E-state index in [1.807, 2.05) is 19.1 Å². The van der Waals surface area contributed by atoms with Gasteiger partial charge in [0.2, 0.25) is 0 Å². The number of hydrogen-bond acceptors (Lipinski definition) is 3. The molecule has 1 unspecified atom stereocenters. The van der Waals surface area contributed by atoms with Crippen LogP contribution < -0.4 is 4.74 Å². The normalized spacial score (nSPS) is 19.6. The number of benzene rings is 1. The average Bonchev–Trinajstić information content (AvgIpc) is 2.79. The fourth-order valence-corrected chi connectivity index (χ4v) is 2.70. The van der Waals surface area contributed by atoms with Crippen LogP contribution in [-0.4, -0.2) is 24.4 Å². The van der Waals surface area contributed by atoms with Gasteiger partial charge < -0.3 is 14.6 Å². The fourth-order valence-electron chi connectivity index (χ4n) is 2.08. The van der Waals surface area contributed by atoms with Gasteiger partial charge in [0.05, 0.1) is 12.7 Å². The SMILES string of the molecule is Cc1cc(Br)cc(CO)c1OCC1CCCO1. The van der Waals surface area contributed by atoms with E-state index in [1.165, 1.54) is 0 Å². The van der Waals surface area contributed by atoms with Crippen molar-refractivity contribution in [2.45, 2.75) is 32.5 Å². The zero-order valence-corrected chi connectivity index (χ0v) is 11.5. The van der Waals surface area contributed by atoms with Gasteiger partial charge in [-0.1, -0.05) is 15.9 Å². The zero-order valence-electron chi connectivity index (χ0n) is 9.91. The van der Waals surface area contributed by atoms with Crippen LogP contribution in [0.3, 0.4) is 0 Å². The Bertz CT molecular complexity index is 386. The summed E-state index contributed by atoms with van der Waals surface area (Å²) in [5.41, 5.74) is 1.84. The van der Waals surface area contributed by atoms with E-state index < -0.39 is 0 Å². The minimum Gasteiger partial charge on any atom is -0.490 e. The van der Waals surface area contributed by atoms with Crippen LogP contribution in [0.15, 0.2) is 16.6 Å². The van der Waals surface area contributed by atoms with Gasteiger partial charge in [0.1, 0.15) is 12.4 Å². The molecule has 0 bridgehead atoms. The lowest BCUT2D eigenvalue weighted by Gasteiger charge is -2.16. The molecule has 1 saturated heterocycles. The van der Waals surface area contributed by atoms with E-state index in [-0.39, 0.29) is 12.7 Å². The summed E-state index contributed by atoms with van der Waals surface area (Å²) in [6.45, 7) is 3.37. The fraction of sp³-hybridized carbons (Fsp3) is 0.538. The van der Waals surface area contributed by atoms with E-state index in [1.54, 1.807) is 0 Å². The molecule has 1 aliphatic rings. The van der Waals surface area contributed by atoms with E-state index in [4.69, 9.17) is 9.47 Å². The molecular formula is C13H17BrO3. The number of halogens is 1. The first-order valence-corrected chi connectivity index (χ1v) is 6.64. The summed E-state index contributed by atoms with van der Waals surface area (Å²) in [7, 11) is 0. The Labute approximate surface area is 110 Å². The Morgan fingerprint density at radius 3 is 3.00 bits per heavy atom. The van der Waals surface area contributed by atoms with E-state index in [0.29, 0.717) is 6.61 Å². The minimum atomic E-state index is -0.0128. The van der Waals surface area contributed by atoms with Crippen molar-refractivity contribution in [3.05, 3.63) is 27.7 Å². The van der Waals surface area contributed by atoms with Crippen molar-refractivity contribution < 1.29 is 14.6 Å². The summed E-state index contributed by atoms with van der Waals surface area (Å²) in [5, 5.41) is 9.33. The summed E-state index contributed by atoms with van der Waals surface area (Å²) in [6.07, 6.45) is 2.37. The molecule has 1 fully saturated rings. The van der Waals surface area contributed by atoms with Gasteiger partial charge in [0.15, 0.2) is 0 Å². The second-order valence-corrected chi connectivity index (χ2v) is 5.23. The Morgan fingerprint density at radius 2 is 2.35 bits per heavy atom. The molecule has 3 nitrogen and oxygen atoms in total. The molecule has 2 rings (SSSR count). The average molecular weight is 301 g/mol. The molecule has 1 atom stereocenters. The van der Waals surface area contributed by atoms with Crippen LogP contribution >= 0.6 is 15.9 Å². The first kappa shape index (κ1) is 12.9. The van der Waals surface area contributed by atoms with E-state index in [0.717, 1.165) is 40.8 Å². The second-order valence-electron chi connectivity index (χ2n) is 4.32. The van der Waals surface area contributed by atoms with E-state index in [2.05, 4.69) is 15.9 Å². The molecule has 0 aromatic heterocycles. The summed E-state index contributed by atoms with van der Waals surface area (Å²) >= 11 is 3.41. The predicted molar refractivity (Wildman–Crippen MR) is 69.3 cm³/mol. The molecule has 0 saturated carbocycles. The molecular weight excluding hydrogens is 284 g/mol. The molecule has 0 aliphatic carbocycles. The van der Waals surface area contributed by atoms with Crippen LogP contribution in [0.2, 0.25) is 0 Å². The van der Waals surface area contributed by atoms with E-state index >= 15 is 0 Å². The predicted octanol–water partition coefficient (Wildman–Crippen LogP) is 2.81. The minimum absolute atomic E-state index is 0.0128. The molecule has 1 aliphatic heterocycles. The van der Waals surface area contributed by atoms with Gasteiger partial charge in [0, 0.05) is 16.6 Å². The van der Waals surface area contributed by atoms with Gasteiger partial charge in [0.25, 0.3) is 0 Å². The maximum Gasteiger partial charge on any atom is 0.127 e. The lowest BCUT2D eigenvalue weighted by atomic mass is 10.1. The maximum atomic E-state index is 9.33. The molecule has 17 heavy (non-hydrogen) atoms. The highest BCUT2D eigenvalue weighted by atomic mass is 79.9. The molecule has 4 heteroatoms. The Balaban J connectivity index is 2.08. The van der Waals surface area contributed by atoms with E-state index in [9.17, 15) is 5.11 Å². The van der Waals surface area contributed by atoms with Crippen molar-refractivity contribution in [2.75, 3.05) is 13.2 Å². The second kappa shape index (κ2) is 5.85. The van der Waals surface area contributed by atoms with Crippen molar-refractivity contribution in [3.63, 3.8) is 0 Å². The third-order valence-electron chi connectivity index (χ3n) is 2.92. The molecule has 0 spiro atoms. The first-order valence-electron chi connectivity index (χ1n) is 5.85. The molecule has 0 radical (unpaired) electrons. The van der Waals surface area contributed by atoms with Crippen molar-refractivity contribution >= 4 is 15.9 Å². The standard InChI is InChI=1S/C13H17BrO3/c1-9-5-11(14)6-10(7-15)13(9)17-8-12-3-2-4-16-12/h5-6,12,15H,2-4,7-8H2,1H3. The summed E-state index contributed by atoms with van der Waals surface area (Å²) in [6, 6.07) is 3.88. The van der Waals surface area contributed by atoms with Crippen molar-refractivity contribution in [1.82, 2.24) is 0 Å². The van der Waals surface area contributed by atoms with Crippen LogP contribution in [0, 0.1) is 6.92 Å². The van der Waals surface area contributed by atoms with Crippen molar-refractivity contribution in [2.24, 2.45) is 0 Å².